The fraction of sp³-hybridized carbons (Fsp3) is 0.333. The maximum Gasteiger partial charge on any atom is 0.307 e. The van der Waals surface area contributed by atoms with Gasteiger partial charge in [0.25, 0.3) is 11.8 Å². The summed E-state index contributed by atoms with van der Waals surface area (Å²) < 4.78 is 38.9. The van der Waals surface area contributed by atoms with E-state index >= 15 is 0 Å². The molecule has 2 aromatic carbocycles. The van der Waals surface area contributed by atoms with Crippen LogP contribution in [0, 0.1) is 0 Å². The molecule has 0 bridgehead atoms. The van der Waals surface area contributed by atoms with E-state index in [0.717, 1.165) is 4.31 Å². The molecule has 208 valence electrons. The monoisotopic (exact) mass is 555 g/mol. The number of ether oxygens (including phenoxy) is 2. The molecule has 0 saturated carbocycles. The number of methoxy groups -OCH3 is 2. The highest BCUT2D eigenvalue weighted by atomic mass is 32.2. The highest BCUT2D eigenvalue weighted by Crippen LogP contribution is 2.28. The number of nitrogens with zero attached hydrogens (tertiary/aromatic N) is 4. The van der Waals surface area contributed by atoms with Gasteiger partial charge in [-0.05, 0) is 37.4 Å². The number of nitrogens with one attached hydrogen (secondary N) is 1. The van der Waals surface area contributed by atoms with Crippen LogP contribution in [0.4, 0.5) is 0 Å². The number of aromatic nitrogens is 1. The van der Waals surface area contributed by atoms with Crippen LogP contribution >= 0.6 is 0 Å². The summed E-state index contributed by atoms with van der Waals surface area (Å²) in [6.07, 6.45) is 2.99. The minimum Gasteiger partial charge on any atom is -0.493 e. The van der Waals surface area contributed by atoms with Crippen LogP contribution < -0.4 is 14.8 Å². The van der Waals surface area contributed by atoms with Gasteiger partial charge in [-0.1, -0.05) is 18.2 Å². The highest BCUT2D eigenvalue weighted by Gasteiger charge is 2.26. The first kappa shape index (κ1) is 28.1. The summed E-state index contributed by atoms with van der Waals surface area (Å²) >= 11 is 0. The lowest BCUT2D eigenvalue weighted by atomic mass is 10.1. The third-order valence-corrected chi connectivity index (χ3v) is 8.36. The Hall–Kier alpha value is -3.87. The number of rotatable bonds is 8. The Morgan fingerprint density at radius 1 is 0.974 bits per heavy atom. The van der Waals surface area contributed by atoms with Crippen LogP contribution in [0.5, 0.6) is 11.5 Å². The van der Waals surface area contributed by atoms with Gasteiger partial charge < -0.3 is 24.6 Å². The van der Waals surface area contributed by atoms with Crippen LogP contribution in [0.15, 0.2) is 54.4 Å². The number of benzene rings is 2. The van der Waals surface area contributed by atoms with Gasteiger partial charge in [-0.25, -0.2) is 3.97 Å². The van der Waals surface area contributed by atoms with Crippen molar-refractivity contribution in [2.45, 2.75) is 0 Å². The molecule has 3 aromatic rings. The third kappa shape index (κ3) is 5.77. The second-order valence-corrected chi connectivity index (χ2v) is 11.4. The van der Waals surface area contributed by atoms with E-state index < -0.39 is 16.1 Å². The molecule has 4 rings (SSSR count). The molecular formula is C27H33N5O6S. The second-order valence-electron chi connectivity index (χ2n) is 9.36. The summed E-state index contributed by atoms with van der Waals surface area (Å²) in [6.45, 7) is 2.39. The van der Waals surface area contributed by atoms with Crippen molar-refractivity contribution < 1.29 is 27.5 Å². The predicted octanol–water partition coefficient (Wildman–Crippen LogP) is 1.86. The maximum atomic E-state index is 13.7. The Bertz CT molecular complexity index is 1520. The smallest absolute Gasteiger partial charge is 0.307 e. The van der Waals surface area contributed by atoms with E-state index in [9.17, 15) is 18.0 Å². The first-order valence-electron chi connectivity index (χ1n) is 12.3. The Morgan fingerprint density at radius 2 is 1.64 bits per heavy atom. The van der Waals surface area contributed by atoms with Crippen molar-refractivity contribution in [2.24, 2.45) is 0 Å². The molecule has 2 heterocycles. The van der Waals surface area contributed by atoms with Crippen molar-refractivity contribution >= 4 is 39.0 Å². The number of carbonyl (C=O) groups is 2. The summed E-state index contributed by atoms with van der Waals surface area (Å²) in [4.78, 5) is 30.8. The number of hydrogen-bond acceptors (Lipinski definition) is 7. The number of likely N-dealkylation sites (N-methyl/N-ethyl adjacent to an activating group) is 1. The minimum atomic E-state index is -3.84. The predicted molar refractivity (Wildman–Crippen MR) is 149 cm³/mol. The van der Waals surface area contributed by atoms with E-state index in [1.54, 1.807) is 41.3 Å². The molecule has 2 amide bonds. The lowest BCUT2D eigenvalue weighted by molar-refractivity contribution is -0.128. The number of fused-ring (bicyclic) bond motifs is 1. The van der Waals surface area contributed by atoms with Gasteiger partial charge in [-0.2, -0.15) is 12.7 Å². The third-order valence-electron chi connectivity index (χ3n) is 6.63. The molecular weight excluding hydrogens is 522 g/mol. The van der Waals surface area contributed by atoms with E-state index in [-0.39, 0.29) is 17.2 Å². The van der Waals surface area contributed by atoms with Gasteiger partial charge in [0.2, 0.25) is 0 Å². The molecule has 1 fully saturated rings. The van der Waals surface area contributed by atoms with Crippen molar-refractivity contribution in [1.82, 2.24) is 23.4 Å². The zero-order valence-corrected chi connectivity index (χ0v) is 23.5. The van der Waals surface area contributed by atoms with Crippen molar-refractivity contribution in [1.29, 1.82) is 0 Å². The molecule has 0 atom stereocenters. The van der Waals surface area contributed by atoms with Crippen LogP contribution in [0.3, 0.4) is 0 Å². The van der Waals surface area contributed by atoms with Crippen molar-refractivity contribution in [2.75, 3.05) is 61.5 Å². The number of para-hydroxylation sites is 1. The zero-order valence-electron chi connectivity index (χ0n) is 22.7. The topological polar surface area (TPSA) is 113 Å². The van der Waals surface area contributed by atoms with E-state index in [1.807, 2.05) is 7.05 Å². The van der Waals surface area contributed by atoms with Crippen LogP contribution in [-0.2, 0) is 15.0 Å². The van der Waals surface area contributed by atoms with Gasteiger partial charge in [0, 0.05) is 63.0 Å². The van der Waals surface area contributed by atoms with E-state index in [1.165, 1.54) is 50.6 Å². The van der Waals surface area contributed by atoms with E-state index in [2.05, 4.69) is 10.2 Å². The van der Waals surface area contributed by atoms with Crippen molar-refractivity contribution in [3.63, 3.8) is 0 Å². The Kier molecular flexibility index (Phi) is 8.28. The van der Waals surface area contributed by atoms with Crippen molar-refractivity contribution in [3.05, 3.63) is 65.5 Å². The fourth-order valence-electron chi connectivity index (χ4n) is 4.32. The van der Waals surface area contributed by atoms with Gasteiger partial charge in [0.1, 0.15) is 5.70 Å². The SMILES string of the molecule is COc1ccc(C(=O)N/C(=C\c2cn(S(=O)(=O)N(C)C)c3ccccc23)C(=O)N2CCN(C)CC2)cc1OC. The average Bonchev–Trinajstić information content (AvgIpc) is 3.31. The summed E-state index contributed by atoms with van der Waals surface area (Å²) in [5, 5.41) is 3.38. The van der Waals surface area contributed by atoms with Gasteiger partial charge in [-0.3, -0.25) is 9.59 Å². The molecule has 12 heteroatoms. The molecule has 1 N–H and O–H groups in total. The fourth-order valence-corrected chi connectivity index (χ4v) is 5.32. The standard InChI is InChI=1S/C27H33N5O6S/c1-29(2)39(35,36)32-18-20(21-8-6-7-9-23(21)32)16-22(27(34)31-14-12-30(3)13-15-31)28-26(33)19-10-11-24(37-4)25(17-19)38-5/h6-11,16-18H,12-15H2,1-5H3,(H,28,33)/b22-16-. The molecule has 1 saturated heterocycles. The maximum absolute atomic E-state index is 13.7. The summed E-state index contributed by atoms with van der Waals surface area (Å²) in [5.41, 5.74) is 1.23. The lowest BCUT2D eigenvalue weighted by Crippen LogP contribution is -2.49. The second kappa shape index (κ2) is 11.5. The van der Waals surface area contributed by atoms with Crippen LogP contribution in [0.2, 0.25) is 0 Å². The van der Waals surface area contributed by atoms with Crippen LogP contribution in [0.25, 0.3) is 17.0 Å². The Labute approximate surface area is 228 Å². The molecule has 1 aliphatic heterocycles. The van der Waals surface area contributed by atoms with Gasteiger partial charge >= 0.3 is 10.2 Å². The molecule has 0 unspecified atom stereocenters. The van der Waals surface area contributed by atoms with Crippen molar-refractivity contribution in [3.8, 4) is 11.5 Å². The summed E-state index contributed by atoms with van der Waals surface area (Å²) in [5.74, 6) is -0.0372. The molecule has 0 aliphatic carbocycles. The summed E-state index contributed by atoms with van der Waals surface area (Å²) in [7, 11) is 4.02. The molecule has 39 heavy (non-hydrogen) atoms. The minimum absolute atomic E-state index is 0.0319. The summed E-state index contributed by atoms with van der Waals surface area (Å²) in [6, 6.07) is 11.7. The first-order valence-corrected chi connectivity index (χ1v) is 13.7. The molecule has 0 radical (unpaired) electrons. The normalized spacial score (nSPS) is 15.0. The molecule has 1 aromatic heterocycles. The number of piperazine rings is 1. The van der Waals surface area contributed by atoms with E-state index in [0.29, 0.717) is 54.1 Å². The lowest BCUT2D eigenvalue weighted by Gasteiger charge is -2.33. The number of carbonyl (C=O) groups excluding carboxylic acids is 2. The van der Waals surface area contributed by atoms with Gasteiger partial charge in [-0.15, -0.1) is 0 Å². The van der Waals surface area contributed by atoms with Gasteiger partial charge in [0.05, 0.1) is 19.7 Å². The zero-order chi connectivity index (χ0) is 28.3. The van der Waals surface area contributed by atoms with Gasteiger partial charge in [0.15, 0.2) is 11.5 Å². The highest BCUT2D eigenvalue weighted by molar-refractivity contribution is 7.87. The number of amides is 2. The molecule has 1 aliphatic rings. The molecule has 0 spiro atoms. The quantitative estimate of drug-likeness (QED) is 0.422. The largest absolute Gasteiger partial charge is 0.493 e. The Morgan fingerprint density at radius 3 is 2.28 bits per heavy atom. The Balaban J connectivity index is 1.79. The average molecular weight is 556 g/mol. The van der Waals surface area contributed by atoms with Crippen LogP contribution in [-0.4, -0.2) is 99.9 Å². The molecule has 11 nitrogen and oxygen atoms in total. The van der Waals surface area contributed by atoms with E-state index in [4.69, 9.17) is 9.47 Å². The first-order chi connectivity index (χ1) is 18.6. The number of hydrogen-bond donors (Lipinski definition) is 1. The van der Waals surface area contributed by atoms with Crippen LogP contribution in [0.1, 0.15) is 15.9 Å².